The number of nitrogens with one attached hydrogen (secondary N) is 1. The molecule has 114 valence electrons. The summed E-state index contributed by atoms with van der Waals surface area (Å²) in [6.45, 7) is 2.41. The molecular formula is C16H15ClN2O3. The Kier molecular flexibility index (Phi) is 5.12. The Bertz CT molecular complexity index is 689. The molecule has 1 N–H and O–H groups in total. The first-order valence-electron chi connectivity index (χ1n) is 6.76. The van der Waals surface area contributed by atoms with Crippen LogP contribution in [0.4, 0.5) is 5.69 Å². The van der Waals surface area contributed by atoms with E-state index in [0.29, 0.717) is 6.54 Å². The summed E-state index contributed by atoms with van der Waals surface area (Å²) in [4.78, 5) is 22.4. The summed E-state index contributed by atoms with van der Waals surface area (Å²) in [6.07, 6.45) is 0. The van der Waals surface area contributed by atoms with Crippen molar-refractivity contribution < 1.29 is 9.72 Å². The van der Waals surface area contributed by atoms with E-state index < -0.39 is 10.8 Å². The molecule has 0 aliphatic heterocycles. The molecule has 0 spiro atoms. The lowest BCUT2D eigenvalue weighted by Gasteiger charge is -2.13. The van der Waals surface area contributed by atoms with Crippen molar-refractivity contribution in [1.82, 2.24) is 5.32 Å². The van der Waals surface area contributed by atoms with Gasteiger partial charge in [0.15, 0.2) is 0 Å². The summed E-state index contributed by atoms with van der Waals surface area (Å²) in [6, 6.07) is 13.6. The Balaban J connectivity index is 2.06. The molecule has 1 amide bonds. The first kappa shape index (κ1) is 16.0. The second-order valence-electron chi connectivity index (χ2n) is 4.94. The van der Waals surface area contributed by atoms with Gasteiger partial charge in [-0.05, 0) is 17.5 Å². The van der Waals surface area contributed by atoms with Gasteiger partial charge in [-0.1, -0.05) is 48.9 Å². The Labute approximate surface area is 133 Å². The van der Waals surface area contributed by atoms with Crippen molar-refractivity contribution in [2.75, 3.05) is 6.54 Å². The van der Waals surface area contributed by atoms with E-state index in [1.165, 1.54) is 18.2 Å². The molecule has 22 heavy (non-hydrogen) atoms. The second kappa shape index (κ2) is 7.04. The number of rotatable bonds is 5. The van der Waals surface area contributed by atoms with E-state index in [1.807, 2.05) is 37.3 Å². The van der Waals surface area contributed by atoms with E-state index in [0.717, 1.165) is 5.56 Å². The molecule has 0 bridgehead atoms. The van der Waals surface area contributed by atoms with E-state index in [1.54, 1.807) is 0 Å². The summed E-state index contributed by atoms with van der Waals surface area (Å²) in [7, 11) is 0. The topological polar surface area (TPSA) is 72.2 Å². The first-order chi connectivity index (χ1) is 10.5. The highest BCUT2D eigenvalue weighted by molar-refractivity contribution is 6.33. The van der Waals surface area contributed by atoms with Crippen molar-refractivity contribution in [1.29, 1.82) is 0 Å². The number of benzene rings is 2. The van der Waals surface area contributed by atoms with Gasteiger partial charge in [0, 0.05) is 18.7 Å². The number of amides is 1. The summed E-state index contributed by atoms with van der Waals surface area (Å²) < 4.78 is 0. The van der Waals surface area contributed by atoms with Crippen LogP contribution in [0.25, 0.3) is 0 Å². The molecule has 5 nitrogen and oxygen atoms in total. The van der Waals surface area contributed by atoms with Crippen LogP contribution < -0.4 is 5.32 Å². The fourth-order valence-electron chi connectivity index (χ4n) is 2.04. The summed E-state index contributed by atoms with van der Waals surface area (Å²) in [5, 5.41) is 13.7. The molecule has 6 heteroatoms. The molecule has 2 aromatic carbocycles. The number of nitrogens with zero attached hydrogens (tertiary/aromatic N) is 1. The minimum absolute atomic E-state index is 0.108. The third-order valence-corrected chi connectivity index (χ3v) is 3.67. The molecule has 0 aromatic heterocycles. The number of hydrogen-bond donors (Lipinski definition) is 1. The lowest BCUT2D eigenvalue weighted by atomic mass is 10.0. The van der Waals surface area contributed by atoms with Crippen LogP contribution in [0, 0.1) is 10.1 Å². The van der Waals surface area contributed by atoms with Crippen molar-refractivity contribution in [3.05, 3.63) is 74.8 Å². The summed E-state index contributed by atoms with van der Waals surface area (Å²) in [5.74, 6) is -0.292. The van der Waals surface area contributed by atoms with Gasteiger partial charge in [-0.3, -0.25) is 14.9 Å². The highest BCUT2D eigenvalue weighted by Crippen LogP contribution is 2.22. The highest BCUT2D eigenvalue weighted by Gasteiger charge is 2.16. The fraction of sp³-hybridized carbons (Fsp3) is 0.188. The number of nitro benzene ring substituents is 1. The summed E-state index contributed by atoms with van der Waals surface area (Å²) >= 11 is 5.94. The van der Waals surface area contributed by atoms with Gasteiger partial charge in [-0.25, -0.2) is 0 Å². The van der Waals surface area contributed by atoms with Gasteiger partial charge in [0.05, 0.1) is 15.5 Å². The molecular weight excluding hydrogens is 304 g/mol. The Morgan fingerprint density at radius 2 is 1.95 bits per heavy atom. The minimum atomic E-state index is -0.556. The molecule has 0 aliphatic carbocycles. The van der Waals surface area contributed by atoms with Crippen LogP contribution in [-0.4, -0.2) is 17.4 Å². The molecule has 0 fully saturated rings. The van der Waals surface area contributed by atoms with Crippen LogP contribution in [0.3, 0.4) is 0 Å². The number of halogens is 1. The van der Waals surface area contributed by atoms with E-state index in [2.05, 4.69) is 5.32 Å². The maximum Gasteiger partial charge on any atom is 0.270 e. The maximum atomic E-state index is 12.2. The third kappa shape index (κ3) is 3.83. The largest absolute Gasteiger partial charge is 0.351 e. The molecule has 1 unspecified atom stereocenters. The van der Waals surface area contributed by atoms with Crippen molar-refractivity contribution >= 4 is 23.2 Å². The first-order valence-corrected chi connectivity index (χ1v) is 7.14. The van der Waals surface area contributed by atoms with E-state index in [9.17, 15) is 14.9 Å². The van der Waals surface area contributed by atoms with Gasteiger partial charge in [-0.15, -0.1) is 0 Å². The maximum absolute atomic E-state index is 12.2. The van der Waals surface area contributed by atoms with Gasteiger partial charge in [0.25, 0.3) is 11.6 Å². The molecule has 0 heterocycles. The highest BCUT2D eigenvalue weighted by atomic mass is 35.5. The number of hydrogen-bond acceptors (Lipinski definition) is 3. The van der Waals surface area contributed by atoms with Crippen molar-refractivity contribution in [3.63, 3.8) is 0 Å². The molecule has 0 saturated carbocycles. The van der Waals surface area contributed by atoms with Gasteiger partial charge in [-0.2, -0.15) is 0 Å². The predicted octanol–water partition coefficient (Wildman–Crippen LogP) is 3.78. The Morgan fingerprint density at radius 3 is 2.59 bits per heavy atom. The number of carbonyl (C=O) groups excluding carboxylic acids is 1. The molecule has 0 saturated heterocycles. The lowest BCUT2D eigenvalue weighted by molar-refractivity contribution is -0.384. The fourth-order valence-corrected chi connectivity index (χ4v) is 2.24. The van der Waals surface area contributed by atoms with Crippen LogP contribution in [0.2, 0.25) is 5.02 Å². The molecule has 0 aliphatic rings. The van der Waals surface area contributed by atoms with E-state index in [4.69, 9.17) is 11.6 Å². The molecule has 2 rings (SSSR count). The minimum Gasteiger partial charge on any atom is -0.351 e. The Hall–Kier alpha value is -2.40. The normalized spacial score (nSPS) is 11.7. The van der Waals surface area contributed by atoms with E-state index in [-0.39, 0.29) is 22.2 Å². The second-order valence-corrected chi connectivity index (χ2v) is 5.35. The monoisotopic (exact) mass is 318 g/mol. The molecule has 0 radical (unpaired) electrons. The average Bonchev–Trinajstić information content (AvgIpc) is 2.53. The van der Waals surface area contributed by atoms with Crippen LogP contribution >= 0.6 is 11.6 Å². The average molecular weight is 319 g/mol. The zero-order valence-corrected chi connectivity index (χ0v) is 12.7. The zero-order valence-electron chi connectivity index (χ0n) is 12.0. The Morgan fingerprint density at radius 1 is 1.27 bits per heavy atom. The standard InChI is InChI=1S/C16H15ClN2O3/c1-11(12-5-3-2-4-6-12)10-18-16(20)14-9-13(19(21)22)7-8-15(14)17/h2-9,11H,10H2,1H3,(H,18,20). The van der Waals surface area contributed by atoms with Crippen molar-refractivity contribution in [2.45, 2.75) is 12.8 Å². The quantitative estimate of drug-likeness (QED) is 0.673. The molecule has 1 atom stereocenters. The zero-order chi connectivity index (χ0) is 16.1. The predicted molar refractivity (Wildman–Crippen MR) is 85.3 cm³/mol. The van der Waals surface area contributed by atoms with Gasteiger partial charge in [0.2, 0.25) is 0 Å². The van der Waals surface area contributed by atoms with Crippen LogP contribution in [-0.2, 0) is 0 Å². The van der Waals surface area contributed by atoms with Crippen LogP contribution in [0.1, 0.15) is 28.8 Å². The van der Waals surface area contributed by atoms with Crippen LogP contribution in [0.15, 0.2) is 48.5 Å². The number of carbonyl (C=O) groups is 1. The van der Waals surface area contributed by atoms with Gasteiger partial charge in [0.1, 0.15) is 0 Å². The summed E-state index contributed by atoms with van der Waals surface area (Å²) in [5.41, 5.74) is 1.05. The van der Waals surface area contributed by atoms with Gasteiger partial charge < -0.3 is 5.32 Å². The smallest absolute Gasteiger partial charge is 0.270 e. The molecule has 2 aromatic rings. The van der Waals surface area contributed by atoms with Gasteiger partial charge >= 0.3 is 0 Å². The SMILES string of the molecule is CC(CNC(=O)c1cc([N+](=O)[O-])ccc1Cl)c1ccccc1. The van der Waals surface area contributed by atoms with Crippen molar-refractivity contribution in [3.8, 4) is 0 Å². The lowest BCUT2D eigenvalue weighted by Crippen LogP contribution is -2.27. The number of nitro groups is 1. The van der Waals surface area contributed by atoms with Crippen molar-refractivity contribution in [2.24, 2.45) is 0 Å². The number of non-ortho nitro benzene ring substituents is 1. The third-order valence-electron chi connectivity index (χ3n) is 3.34. The van der Waals surface area contributed by atoms with Crippen LogP contribution in [0.5, 0.6) is 0 Å². The van der Waals surface area contributed by atoms with E-state index >= 15 is 0 Å².